The number of pyridine rings is 1. The van der Waals surface area contributed by atoms with Gasteiger partial charge in [0, 0.05) is 25.6 Å². The first-order valence-electron chi connectivity index (χ1n) is 5.01. The third kappa shape index (κ3) is 3.63. The highest BCUT2D eigenvalue weighted by molar-refractivity contribution is 9.10. The van der Waals surface area contributed by atoms with E-state index in [0.717, 1.165) is 6.42 Å². The molecule has 1 aromatic rings. The molecule has 4 heteroatoms. The van der Waals surface area contributed by atoms with Crippen molar-refractivity contribution in [1.29, 1.82) is 0 Å². The highest BCUT2D eigenvalue weighted by atomic mass is 79.9. The van der Waals surface area contributed by atoms with Crippen molar-refractivity contribution in [2.24, 2.45) is 0 Å². The third-order valence-corrected chi connectivity index (χ3v) is 2.83. The molecule has 0 saturated carbocycles. The zero-order valence-corrected chi connectivity index (χ0v) is 10.3. The summed E-state index contributed by atoms with van der Waals surface area (Å²) in [5.74, 6) is 0.248. The average molecular weight is 272 g/mol. The molecule has 1 heterocycles. The summed E-state index contributed by atoms with van der Waals surface area (Å²) in [5.41, 5.74) is -0.0403. The Morgan fingerprint density at radius 3 is 2.93 bits per heavy atom. The van der Waals surface area contributed by atoms with Crippen LogP contribution >= 0.6 is 15.9 Å². The van der Waals surface area contributed by atoms with E-state index in [4.69, 9.17) is 0 Å². The lowest BCUT2D eigenvalue weighted by atomic mass is 10.2. The van der Waals surface area contributed by atoms with Crippen LogP contribution in [0.25, 0.3) is 0 Å². The van der Waals surface area contributed by atoms with Gasteiger partial charge in [0.05, 0.1) is 4.47 Å². The van der Waals surface area contributed by atoms with E-state index in [0.29, 0.717) is 23.9 Å². The summed E-state index contributed by atoms with van der Waals surface area (Å²) < 4.78 is 2.18. The lowest BCUT2D eigenvalue weighted by Crippen LogP contribution is -2.20. The van der Waals surface area contributed by atoms with Gasteiger partial charge in [-0.2, -0.15) is 0 Å². The Hall–Kier alpha value is -0.900. The molecule has 0 fully saturated rings. The van der Waals surface area contributed by atoms with Gasteiger partial charge in [-0.3, -0.25) is 9.59 Å². The molecule has 0 saturated heterocycles. The van der Waals surface area contributed by atoms with Crippen LogP contribution in [-0.4, -0.2) is 10.4 Å². The second-order valence-corrected chi connectivity index (χ2v) is 4.20. The number of Topliss-reactive ketones (excluding diaryl/α,β-unsaturated/α-hetero) is 1. The molecule has 0 N–H and O–H groups in total. The number of nitrogens with zero attached hydrogens (tertiary/aromatic N) is 1. The maximum absolute atomic E-state index is 11.5. The van der Waals surface area contributed by atoms with Crippen molar-refractivity contribution in [3.63, 3.8) is 0 Å². The van der Waals surface area contributed by atoms with Crippen LogP contribution in [0.15, 0.2) is 27.6 Å². The second-order valence-electron chi connectivity index (χ2n) is 3.35. The minimum absolute atomic E-state index is 0.0403. The van der Waals surface area contributed by atoms with E-state index in [1.54, 1.807) is 16.8 Å². The summed E-state index contributed by atoms with van der Waals surface area (Å²) in [4.78, 5) is 22.6. The Balaban J connectivity index is 2.55. The van der Waals surface area contributed by atoms with Gasteiger partial charge in [-0.25, -0.2) is 0 Å². The predicted molar refractivity (Wildman–Crippen MR) is 62.9 cm³/mol. The number of halogens is 1. The molecular weight excluding hydrogens is 258 g/mol. The molecule has 0 radical (unpaired) electrons. The van der Waals surface area contributed by atoms with Crippen molar-refractivity contribution in [3.8, 4) is 0 Å². The van der Waals surface area contributed by atoms with E-state index >= 15 is 0 Å². The number of ketones is 1. The van der Waals surface area contributed by atoms with Gasteiger partial charge in [0.2, 0.25) is 0 Å². The number of hydrogen-bond donors (Lipinski definition) is 0. The second kappa shape index (κ2) is 5.85. The summed E-state index contributed by atoms with van der Waals surface area (Å²) in [5, 5.41) is 0. The van der Waals surface area contributed by atoms with Gasteiger partial charge < -0.3 is 4.57 Å². The first kappa shape index (κ1) is 12.2. The van der Waals surface area contributed by atoms with Crippen molar-refractivity contribution in [1.82, 2.24) is 4.57 Å². The minimum atomic E-state index is -0.0403. The van der Waals surface area contributed by atoms with E-state index in [1.807, 2.05) is 13.0 Å². The molecule has 0 amide bonds. The lowest BCUT2D eigenvalue weighted by molar-refractivity contribution is -0.118. The topological polar surface area (TPSA) is 39.1 Å². The van der Waals surface area contributed by atoms with Crippen LogP contribution in [0.1, 0.15) is 26.2 Å². The smallest absolute Gasteiger partial charge is 0.264 e. The third-order valence-electron chi connectivity index (χ3n) is 2.22. The Morgan fingerprint density at radius 2 is 2.27 bits per heavy atom. The van der Waals surface area contributed by atoms with Gasteiger partial charge >= 0.3 is 0 Å². The molecule has 0 aromatic carbocycles. The van der Waals surface area contributed by atoms with Crippen molar-refractivity contribution < 1.29 is 4.79 Å². The summed E-state index contributed by atoms with van der Waals surface area (Å²) >= 11 is 3.18. The molecule has 1 aromatic heterocycles. The summed E-state index contributed by atoms with van der Waals surface area (Å²) in [6, 6.07) is 3.53. The zero-order valence-electron chi connectivity index (χ0n) is 8.70. The molecule has 3 nitrogen and oxygen atoms in total. The van der Waals surface area contributed by atoms with Crippen LogP contribution in [0, 0.1) is 0 Å². The van der Waals surface area contributed by atoms with E-state index in [1.165, 1.54) is 0 Å². The molecule has 82 valence electrons. The fraction of sp³-hybridized carbons (Fsp3) is 0.455. The zero-order chi connectivity index (χ0) is 11.3. The molecule has 0 aliphatic rings. The van der Waals surface area contributed by atoms with Crippen LogP contribution in [0.5, 0.6) is 0 Å². The first-order valence-corrected chi connectivity index (χ1v) is 5.81. The van der Waals surface area contributed by atoms with Crippen LogP contribution in [0.2, 0.25) is 0 Å². The highest BCUT2D eigenvalue weighted by Crippen LogP contribution is 2.02. The van der Waals surface area contributed by atoms with Crippen molar-refractivity contribution in [2.75, 3.05) is 0 Å². The number of carbonyl (C=O) groups excluding carboxylic acids is 1. The van der Waals surface area contributed by atoms with Crippen LogP contribution < -0.4 is 5.56 Å². The Bertz CT molecular complexity index is 398. The lowest BCUT2D eigenvalue weighted by Gasteiger charge is -2.04. The molecule has 0 bridgehead atoms. The van der Waals surface area contributed by atoms with E-state index in [9.17, 15) is 9.59 Å². The summed E-state index contributed by atoms with van der Waals surface area (Å²) in [7, 11) is 0. The maximum Gasteiger partial charge on any atom is 0.264 e. The van der Waals surface area contributed by atoms with Gasteiger partial charge in [0.1, 0.15) is 5.78 Å². The van der Waals surface area contributed by atoms with E-state index in [-0.39, 0.29) is 11.3 Å². The number of rotatable bonds is 5. The molecule has 0 spiro atoms. The molecule has 0 atom stereocenters. The van der Waals surface area contributed by atoms with Crippen molar-refractivity contribution >= 4 is 21.7 Å². The molecule has 0 aliphatic heterocycles. The molecular formula is C11H14BrNO2. The molecule has 0 unspecified atom stereocenters. The standard InChI is InChI=1S/C11H14BrNO2/c1-2-9(14)5-3-7-13-8-4-6-10(12)11(13)15/h4,6,8H,2-3,5,7H2,1H3. The average Bonchev–Trinajstić information content (AvgIpc) is 2.24. The van der Waals surface area contributed by atoms with Gasteiger partial charge in [0.15, 0.2) is 0 Å². The number of aromatic nitrogens is 1. The maximum atomic E-state index is 11.5. The van der Waals surface area contributed by atoms with E-state index in [2.05, 4.69) is 15.9 Å². The number of aryl methyl sites for hydroxylation is 1. The van der Waals surface area contributed by atoms with E-state index < -0.39 is 0 Å². The number of carbonyl (C=O) groups is 1. The molecule has 15 heavy (non-hydrogen) atoms. The Morgan fingerprint density at radius 1 is 1.53 bits per heavy atom. The predicted octanol–water partition coefficient (Wildman–Crippen LogP) is 2.37. The monoisotopic (exact) mass is 271 g/mol. The quantitative estimate of drug-likeness (QED) is 0.825. The van der Waals surface area contributed by atoms with Gasteiger partial charge in [-0.15, -0.1) is 0 Å². The van der Waals surface area contributed by atoms with Crippen LogP contribution in [0.3, 0.4) is 0 Å². The van der Waals surface area contributed by atoms with Crippen LogP contribution in [0.4, 0.5) is 0 Å². The number of hydrogen-bond acceptors (Lipinski definition) is 2. The highest BCUT2D eigenvalue weighted by Gasteiger charge is 2.01. The van der Waals surface area contributed by atoms with Crippen LogP contribution in [-0.2, 0) is 11.3 Å². The Kier molecular flexibility index (Phi) is 4.75. The normalized spacial score (nSPS) is 10.3. The fourth-order valence-electron chi connectivity index (χ4n) is 1.31. The first-order chi connectivity index (χ1) is 7.15. The Labute approximate surface area is 97.2 Å². The fourth-order valence-corrected chi connectivity index (χ4v) is 1.69. The largest absolute Gasteiger partial charge is 0.315 e. The van der Waals surface area contributed by atoms with Gasteiger partial charge in [0.25, 0.3) is 5.56 Å². The molecule has 1 rings (SSSR count). The van der Waals surface area contributed by atoms with Crippen molar-refractivity contribution in [2.45, 2.75) is 32.7 Å². The molecule has 0 aliphatic carbocycles. The SMILES string of the molecule is CCC(=O)CCCn1cccc(Br)c1=O. The van der Waals surface area contributed by atoms with Gasteiger partial charge in [-0.05, 0) is 34.5 Å². The van der Waals surface area contributed by atoms with Crippen molar-refractivity contribution in [3.05, 3.63) is 33.2 Å². The summed E-state index contributed by atoms with van der Waals surface area (Å²) in [6.45, 7) is 2.46. The summed E-state index contributed by atoms with van der Waals surface area (Å²) in [6.07, 6.45) is 3.59. The minimum Gasteiger partial charge on any atom is -0.315 e. The van der Waals surface area contributed by atoms with Gasteiger partial charge in [-0.1, -0.05) is 6.92 Å².